The number of aliphatic carboxylic acids is 1. The van der Waals surface area contributed by atoms with Gasteiger partial charge in [0.05, 0.1) is 6.10 Å². The van der Waals surface area contributed by atoms with Gasteiger partial charge in [0.15, 0.2) is 0 Å². The Morgan fingerprint density at radius 1 is 1.35 bits per heavy atom. The second-order valence-corrected chi connectivity index (χ2v) is 4.88. The van der Waals surface area contributed by atoms with Crippen LogP contribution in [-0.2, 0) is 4.79 Å². The zero-order valence-corrected chi connectivity index (χ0v) is 10.3. The second kappa shape index (κ2) is 7.32. The molecule has 2 unspecified atom stereocenters. The second-order valence-electron chi connectivity index (χ2n) is 3.73. The number of aliphatic hydroxyl groups is 1. The number of hydrogen-bond donors (Lipinski definition) is 3. The number of aliphatic hydroxyl groups excluding tert-OH is 1. The number of carboxylic acids is 1. The number of hydrogen-bond acceptors (Lipinski definition) is 4. The van der Waals surface area contributed by atoms with Crippen LogP contribution < -0.4 is 5.73 Å². The Morgan fingerprint density at radius 2 is 2.00 bits per heavy atom. The highest BCUT2D eigenvalue weighted by atomic mass is 32.2. The number of benzene rings is 1. The molecule has 0 heterocycles. The molecule has 4 nitrogen and oxygen atoms in total. The van der Waals surface area contributed by atoms with Crippen LogP contribution in [0.2, 0.25) is 0 Å². The van der Waals surface area contributed by atoms with Gasteiger partial charge in [0, 0.05) is 5.75 Å². The summed E-state index contributed by atoms with van der Waals surface area (Å²) in [6.07, 6.45) is -0.0936. The van der Waals surface area contributed by atoms with Gasteiger partial charge in [0.2, 0.25) is 0 Å². The first-order valence-corrected chi connectivity index (χ1v) is 6.56. The van der Waals surface area contributed by atoms with Crippen molar-refractivity contribution in [1.82, 2.24) is 0 Å². The van der Waals surface area contributed by atoms with Crippen LogP contribution in [0.4, 0.5) is 0 Å². The fourth-order valence-electron chi connectivity index (χ4n) is 1.30. The quantitative estimate of drug-likeness (QED) is 0.639. The van der Waals surface area contributed by atoms with Gasteiger partial charge >= 0.3 is 5.97 Å². The Kier molecular flexibility index (Phi) is 6.04. The minimum atomic E-state index is -0.978. The van der Waals surface area contributed by atoms with E-state index in [1.807, 2.05) is 30.3 Å². The number of carboxylic acid groups (broad SMARTS) is 1. The van der Waals surface area contributed by atoms with E-state index in [-0.39, 0.29) is 0 Å². The van der Waals surface area contributed by atoms with Crippen molar-refractivity contribution in [3.8, 4) is 0 Å². The highest BCUT2D eigenvalue weighted by molar-refractivity contribution is 7.99. The number of thioether (sulfide) groups is 1. The maximum Gasteiger partial charge on any atom is 0.320 e. The molecule has 0 aliphatic carbocycles. The van der Waals surface area contributed by atoms with Gasteiger partial charge in [0.1, 0.15) is 6.04 Å². The molecule has 0 aliphatic rings. The molecule has 0 saturated heterocycles. The molecule has 17 heavy (non-hydrogen) atoms. The molecule has 0 fully saturated rings. The highest BCUT2D eigenvalue weighted by Gasteiger charge is 2.11. The van der Waals surface area contributed by atoms with Crippen LogP contribution in [0.5, 0.6) is 0 Å². The first-order valence-electron chi connectivity index (χ1n) is 5.40. The standard InChI is InChI=1S/C12H17NO3S/c13-10(12(15)16)6-7-17-8-11(14)9-4-2-1-3-5-9/h1-5,10-11,14H,6-8,13H2,(H,15,16). The average Bonchev–Trinajstić information content (AvgIpc) is 2.35. The summed E-state index contributed by atoms with van der Waals surface area (Å²) >= 11 is 1.51. The monoisotopic (exact) mass is 255 g/mol. The Balaban J connectivity index is 2.21. The summed E-state index contributed by atoms with van der Waals surface area (Å²) in [5.74, 6) is 0.211. The fraction of sp³-hybridized carbons (Fsp3) is 0.417. The summed E-state index contributed by atoms with van der Waals surface area (Å²) < 4.78 is 0. The van der Waals surface area contributed by atoms with Crippen LogP contribution in [0.1, 0.15) is 18.1 Å². The van der Waals surface area contributed by atoms with Crippen LogP contribution in [0.3, 0.4) is 0 Å². The minimum Gasteiger partial charge on any atom is -0.480 e. The predicted molar refractivity (Wildman–Crippen MR) is 69.0 cm³/mol. The first kappa shape index (κ1) is 14.0. The fourth-order valence-corrected chi connectivity index (χ4v) is 2.30. The molecule has 0 saturated carbocycles. The summed E-state index contributed by atoms with van der Waals surface area (Å²) in [5.41, 5.74) is 6.25. The molecule has 1 aromatic carbocycles. The van der Waals surface area contributed by atoms with Crippen molar-refractivity contribution in [3.05, 3.63) is 35.9 Å². The van der Waals surface area contributed by atoms with E-state index in [2.05, 4.69) is 0 Å². The predicted octanol–water partition coefficient (Wildman–Crippen LogP) is 1.26. The lowest BCUT2D eigenvalue weighted by Gasteiger charge is -2.11. The van der Waals surface area contributed by atoms with Crippen molar-refractivity contribution in [3.63, 3.8) is 0 Å². The van der Waals surface area contributed by atoms with E-state index in [0.717, 1.165) is 5.56 Å². The average molecular weight is 255 g/mol. The van der Waals surface area contributed by atoms with Gasteiger partial charge in [-0.25, -0.2) is 0 Å². The molecule has 5 heteroatoms. The van der Waals surface area contributed by atoms with E-state index < -0.39 is 18.1 Å². The summed E-state index contributed by atoms with van der Waals surface area (Å²) in [6, 6.07) is 8.58. The van der Waals surface area contributed by atoms with Gasteiger partial charge in [-0.05, 0) is 17.7 Å². The molecule has 0 bridgehead atoms. The third-order valence-electron chi connectivity index (χ3n) is 2.35. The van der Waals surface area contributed by atoms with Crippen molar-refractivity contribution in [2.24, 2.45) is 5.73 Å². The number of carbonyl (C=O) groups is 1. The molecular weight excluding hydrogens is 238 g/mol. The van der Waals surface area contributed by atoms with E-state index in [0.29, 0.717) is 17.9 Å². The maximum absolute atomic E-state index is 10.5. The molecule has 0 aromatic heterocycles. The molecule has 94 valence electrons. The smallest absolute Gasteiger partial charge is 0.320 e. The lowest BCUT2D eigenvalue weighted by atomic mass is 10.1. The van der Waals surface area contributed by atoms with Gasteiger partial charge in [-0.1, -0.05) is 30.3 Å². The topological polar surface area (TPSA) is 83.5 Å². The van der Waals surface area contributed by atoms with Crippen LogP contribution >= 0.6 is 11.8 Å². The van der Waals surface area contributed by atoms with Crippen molar-refractivity contribution in [2.45, 2.75) is 18.6 Å². The SMILES string of the molecule is NC(CCSCC(O)c1ccccc1)C(=O)O. The molecule has 0 radical (unpaired) electrons. The lowest BCUT2D eigenvalue weighted by Crippen LogP contribution is -2.30. The first-order chi connectivity index (χ1) is 8.11. The van der Waals surface area contributed by atoms with Gasteiger partial charge in [-0.3, -0.25) is 4.79 Å². The third-order valence-corrected chi connectivity index (χ3v) is 3.43. The van der Waals surface area contributed by atoms with Crippen LogP contribution in [0.25, 0.3) is 0 Å². The molecular formula is C12H17NO3S. The van der Waals surface area contributed by atoms with Crippen molar-refractivity contribution >= 4 is 17.7 Å². The molecule has 2 atom stereocenters. The molecule has 4 N–H and O–H groups in total. The van der Waals surface area contributed by atoms with Crippen LogP contribution in [0.15, 0.2) is 30.3 Å². The van der Waals surface area contributed by atoms with E-state index >= 15 is 0 Å². The van der Waals surface area contributed by atoms with E-state index in [1.54, 1.807) is 0 Å². The minimum absolute atomic E-state index is 0.418. The highest BCUT2D eigenvalue weighted by Crippen LogP contribution is 2.18. The number of nitrogens with two attached hydrogens (primary N) is 1. The van der Waals surface area contributed by atoms with E-state index in [1.165, 1.54) is 11.8 Å². The van der Waals surface area contributed by atoms with Crippen LogP contribution in [0, 0.1) is 0 Å². The Hall–Kier alpha value is -1.04. The normalized spacial score (nSPS) is 14.2. The largest absolute Gasteiger partial charge is 0.480 e. The summed E-state index contributed by atoms with van der Waals surface area (Å²) in [7, 11) is 0. The van der Waals surface area contributed by atoms with Crippen LogP contribution in [-0.4, -0.2) is 33.7 Å². The van der Waals surface area contributed by atoms with Gasteiger partial charge in [0.25, 0.3) is 0 Å². The van der Waals surface area contributed by atoms with Gasteiger partial charge in [-0.2, -0.15) is 11.8 Å². The molecule has 0 spiro atoms. The molecule has 0 aliphatic heterocycles. The van der Waals surface area contributed by atoms with E-state index in [4.69, 9.17) is 10.8 Å². The summed E-state index contributed by atoms with van der Waals surface area (Å²) in [5, 5.41) is 18.4. The zero-order valence-electron chi connectivity index (χ0n) is 9.45. The molecule has 1 rings (SSSR count). The van der Waals surface area contributed by atoms with Crippen molar-refractivity contribution in [1.29, 1.82) is 0 Å². The Morgan fingerprint density at radius 3 is 2.59 bits per heavy atom. The third kappa shape index (κ3) is 5.21. The number of rotatable bonds is 7. The lowest BCUT2D eigenvalue weighted by molar-refractivity contribution is -0.138. The Bertz CT molecular complexity index is 345. The summed E-state index contributed by atoms with van der Waals surface area (Å²) in [4.78, 5) is 10.5. The maximum atomic E-state index is 10.5. The van der Waals surface area contributed by atoms with Gasteiger partial charge < -0.3 is 15.9 Å². The molecule has 0 amide bonds. The Labute approximate surface area is 105 Å². The molecule has 1 aromatic rings. The zero-order chi connectivity index (χ0) is 12.7. The van der Waals surface area contributed by atoms with Crippen molar-refractivity contribution < 1.29 is 15.0 Å². The van der Waals surface area contributed by atoms with Crippen molar-refractivity contribution in [2.75, 3.05) is 11.5 Å². The van der Waals surface area contributed by atoms with E-state index in [9.17, 15) is 9.90 Å². The van der Waals surface area contributed by atoms with Gasteiger partial charge in [-0.15, -0.1) is 0 Å². The summed E-state index contributed by atoms with van der Waals surface area (Å²) in [6.45, 7) is 0.